The molecule has 0 saturated carbocycles. The van der Waals surface area contributed by atoms with E-state index in [-0.39, 0.29) is 24.9 Å². The zero-order valence-electron chi connectivity index (χ0n) is 11.4. The molecule has 0 bridgehead atoms. The summed E-state index contributed by atoms with van der Waals surface area (Å²) < 4.78 is 4.72. The summed E-state index contributed by atoms with van der Waals surface area (Å²) in [6.45, 7) is -0.0504. The zero-order chi connectivity index (χ0) is 15.0. The fraction of sp³-hybridized carbons (Fsp3) is 0.429. The fourth-order valence-electron chi connectivity index (χ4n) is 1.72. The smallest absolute Gasteiger partial charge is 0.334 e. The maximum Gasteiger partial charge on any atom is 0.334 e. The van der Waals surface area contributed by atoms with Crippen LogP contribution in [0.5, 0.6) is 0 Å². The highest BCUT2D eigenvalue weighted by Gasteiger charge is 2.17. The lowest BCUT2D eigenvalue weighted by atomic mass is 10.0. The molecule has 0 spiro atoms. The minimum absolute atomic E-state index is 0.0504. The van der Waals surface area contributed by atoms with Crippen molar-refractivity contribution in [1.29, 1.82) is 0 Å². The van der Waals surface area contributed by atoms with Crippen LogP contribution in [-0.4, -0.2) is 36.7 Å². The Hall–Kier alpha value is -1.92. The molecule has 0 heterocycles. The van der Waals surface area contributed by atoms with Gasteiger partial charge in [0.1, 0.15) is 0 Å². The Morgan fingerprint density at radius 1 is 1.35 bits per heavy atom. The maximum absolute atomic E-state index is 11.6. The first kappa shape index (κ1) is 16.1. The number of hydrogen-bond donors (Lipinski definition) is 3. The Labute approximate surface area is 117 Å². The molecule has 0 fully saturated rings. The molecule has 2 unspecified atom stereocenters. The molecule has 0 aliphatic carbocycles. The van der Waals surface area contributed by atoms with Crippen LogP contribution < -0.4 is 11.1 Å². The van der Waals surface area contributed by atoms with E-state index in [4.69, 9.17) is 15.6 Å². The third-order valence-electron chi connectivity index (χ3n) is 2.95. The molecule has 0 aliphatic rings. The highest BCUT2D eigenvalue weighted by atomic mass is 16.5. The number of carboxylic acids is 1. The number of nitrogens with one attached hydrogen (secondary N) is 1. The van der Waals surface area contributed by atoms with Crippen LogP contribution in [-0.2, 0) is 14.3 Å². The first-order valence-electron chi connectivity index (χ1n) is 6.37. The van der Waals surface area contributed by atoms with Crippen molar-refractivity contribution < 1.29 is 19.4 Å². The number of rotatable bonds is 8. The molecule has 110 valence electrons. The Morgan fingerprint density at radius 2 is 2.00 bits per heavy atom. The Bertz CT molecular complexity index is 436. The number of methoxy groups -OCH3 is 1. The molecular formula is C14H20N2O4. The van der Waals surface area contributed by atoms with Gasteiger partial charge in [0.2, 0.25) is 5.91 Å². The van der Waals surface area contributed by atoms with Crippen LogP contribution in [0.1, 0.15) is 24.4 Å². The van der Waals surface area contributed by atoms with Crippen LogP contribution >= 0.6 is 0 Å². The molecule has 1 aromatic rings. The summed E-state index contributed by atoms with van der Waals surface area (Å²) in [6.07, 6.45) is -0.283. The van der Waals surface area contributed by atoms with Gasteiger partial charge in [0.15, 0.2) is 6.10 Å². The normalized spacial score (nSPS) is 13.5. The van der Waals surface area contributed by atoms with E-state index in [0.29, 0.717) is 6.42 Å². The Balaban J connectivity index is 2.31. The molecule has 1 aromatic carbocycles. The summed E-state index contributed by atoms with van der Waals surface area (Å²) in [5.41, 5.74) is 6.95. The van der Waals surface area contributed by atoms with Crippen LogP contribution in [0.2, 0.25) is 0 Å². The predicted molar refractivity (Wildman–Crippen MR) is 74.0 cm³/mol. The second kappa shape index (κ2) is 8.29. The summed E-state index contributed by atoms with van der Waals surface area (Å²) in [6, 6.07) is 9.30. The van der Waals surface area contributed by atoms with Gasteiger partial charge >= 0.3 is 5.97 Å². The summed E-state index contributed by atoms with van der Waals surface area (Å²) >= 11 is 0. The third-order valence-corrected chi connectivity index (χ3v) is 2.95. The second-order valence-electron chi connectivity index (χ2n) is 4.42. The second-order valence-corrected chi connectivity index (χ2v) is 4.42. The number of benzene rings is 1. The summed E-state index contributed by atoms with van der Waals surface area (Å²) in [5, 5.41) is 11.3. The van der Waals surface area contributed by atoms with E-state index in [2.05, 4.69) is 5.32 Å². The highest BCUT2D eigenvalue weighted by molar-refractivity contribution is 5.78. The molecule has 0 aliphatic heterocycles. The van der Waals surface area contributed by atoms with Gasteiger partial charge < -0.3 is 20.9 Å². The lowest BCUT2D eigenvalue weighted by Crippen LogP contribution is -2.37. The third kappa shape index (κ3) is 5.38. The van der Waals surface area contributed by atoms with E-state index in [1.807, 2.05) is 30.3 Å². The van der Waals surface area contributed by atoms with Crippen LogP contribution in [0.4, 0.5) is 0 Å². The molecule has 0 saturated heterocycles. The van der Waals surface area contributed by atoms with Gasteiger partial charge in [0, 0.05) is 19.6 Å². The minimum atomic E-state index is -1.10. The van der Waals surface area contributed by atoms with Crippen molar-refractivity contribution >= 4 is 11.9 Å². The van der Waals surface area contributed by atoms with Crippen molar-refractivity contribution in [1.82, 2.24) is 5.32 Å². The Morgan fingerprint density at radius 3 is 2.55 bits per heavy atom. The molecule has 4 N–H and O–H groups in total. The van der Waals surface area contributed by atoms with Crippen LogP contribution in [0.25, 0.3) is 0 Å². The number of amides is 1. The Kier molecular flexibility index (Phi) is 6.69. The number of nitrogens with two attached hydrogens (primary N) is 1. The molecule has 0 radical (unpaired) electrons. The molecule has 1 rings (SSSR count). The topological polar surface area (TPSA) is 102 Å². The zero-order valence-corrected chi connectivity index (χ0v) is 11.4. The van der Waals surface area contributed by atoms with Crippen molar-refractivity contribution in [2.24, 2.45) is 5.73 Å². The van der Waals surface area contributed by atoms with Crippen LogP contribution in [0.3, 0.4) is 0 Å². The largest absolute Gasteiger partial charge is 0.479 e. The summed E-state index contributed by atoms with van der Waals surface area (Å²) in [7, 11) is 1.29. The number of carbonyl (C=O) groups is 2. The van der Waals surface area contributed by atoms with Crippen molar-refractivity contribution in [3.63, 3.8) is 0 Å². The van der Waals surface area contributed by atoms with Gasteiger partial charge in [-0.15, -0.1) is 0 Å². The van der Waals surface area contributed by atoms with Gasteiger partial charge in [-0.3, -0.25) is 4.79 Å². The fourth-order valence-corrected chi connectivity index (χ4v) is 1.72. The number of ether oxygens (including phenoxy) is 1. The van der Waals surface area contributed by atoms with E-state index >= 15 is 0 Å². The number of aliphatic carboxylic acids is 1. The highest BCUT2D eigenvalue weighted by Crippen LogP contribution is 2.14. The first-order valence-corrected chi connectivity index (χ1v) is 6.37. The van der Waals surface area contributed by atoms with E-state index < -0.39 is 12.1 Å². The average molecular weight is 280 g/mol. The molecule has 2 atom stereocenters. The SMILES string of the molecule is COC(CNC(=O)CCC(N)c1ccccc1)C(=O)O. The number of carbonyl (C=O) groups excluding carboxylic acids is 1. The molecule has 6 heteroatoms. The molecule has 20 heavy (non-hydrogen) atoms. The van der Waals surface area contributed by atoms with E-state index in [1.54, 1.807) is 0 Å². The minimum Gasteiger partial charge on any atom is -0.479 e. The lowest BCUT2D eigenvalue weighted by molar-refractivity contribution is -0.148. The first-order chi connectivity index (χ1) is 9.54. The average Bonchev–Trinajstić information content (AvgIpc) is 2.46. The quantitative estimate of drug-likeness (QED) is 0.650. The van der Waals surface area contributed by atoms with Gasteiger partial charge in [-0.2, -0.15) is 0 Å². The predicted octanol–water partition coefficient (Wildman–Crippen LogP) is 0.682. The van der Waals surface area contributed by atoms with Crippen LogP contribution in [0, 0.1) is 0 Å². The van der Waals surface area contributed by atoms with Crippen molar-refractivity contribution in [2.45, 2.75) is 25.0 Å². The summed E-state index contributed by atoms with van der Waals surface area (Å²) in [4.78, 5) is 22.3. The molecular weight excluding hydrogens is 260 g/mol. The molecule has 1 amide bonds. The number of carboxylic acid groups (broad SMARTS) is 1. The van der Waals surface area contributed by atoms with Crippen molar-refractivity contribution in [3.05, 3.63) is 35.9 Å². The van der Waals surface area contributed by atoms with Crippen molar-refractivity contribution in [2.75, 3.05) is 13.7 Å². The summed E-state index contributed by atoms with van der Waals surface area (Å²) in [5.74, 6) is -1.34. The standard InChI is InChI=1S/C14H20N2O4/c1-20-12(14(18)19)9-16-13(17)8-7-11(15)10-5-3-2-4-6-10/h2-6,11-12H,7-9,15H2,1H3,(H,16,17)(H,18,19). The van der Waals surface area contributed by atoms with Crippen LogP contribution in [0.15, 0.2) is 30.3 Å². The van der Waals surface area contributed by atoms with Gasteiger partial charge in [0.05, 0.1) is 6.54 Å². The van der Waals surface area contributed by atoms with E-state index in [9.17, 15) is 9.59 Å². The lowest BCUT2D eigenvalue weighted by Gasteiger charge is -2.13. The van der Waals surface area contributed by atoms with Gasteiger partial charge in [-0.1, -0.05) is 30.3 Å². The molecule has 0 aromatic heterocycles. The monoisotopic (exact) mass is 280 g/mol. The maximum atomic E-state index is 11.6. The number of hydrogen-bond acceptors (Lipinski definition) is 4. The van der Waals surface area contributed by atoms with E-state index in [1.165, 1.54) is 7.11 Å². The van der Waals surface area contributed by atoms with Crippen molar-refractivity contribution in [3.8, 4) is 0 Å². The van der Waals surface area contributed by atoms with E-state index in [0.717, 1.165) is 5.56 Å². The van der Waals surface area contributed by atoms with Gasteiger partial charge in [-0.05, 0) is 12.0 Å². The van der Waals surface area contributed by atoms with Gasteiger partial charge in [-0.25, -0.2) is 4.79 Å². The van der Waals surface area contributed by atoms with Gasteiger partial charge in [0.25, 0.3) is 0 Å². The molecule has 6 nitrogen and oxygen atoms in total.